The summed E-state index contributed by atoms with van der Waals surface area (Å²) in [6.07, 6.45) is -3.29. The van der Waals surface area contributed by atoms with Crippen molar-refractivity contribution in [2.75, 3.05) is 19.5 Å². The predicted molar refractivity (Wildman–Crippen MR) is 53.9 cm³/mol. The number of nitrogens with zero attached hydrogens (tertiary/aromatic N) is 1. The summed E-state index contributed by atoms with van der Waals surface area (Å²) in [6, 6.07) is -0.699. The van der Waals surface area contributed by atoms with Gasteiger partial charge in [-0.15, -0.1) is 11.6 Å². The van der Waals surface area contributed by atoms with Crippen LogP contribution in [0.4, 0.5) is 0 Å². The Labute approximate surface area is 97.7 Å². The largest absolute Gasteiger partial charge is 0.388 e. The quantitative estimate of drug-likeness (QED) is 0.586. The lowest BCUT2D eigenvalue weighted by Gasteiger charge is -2.36. The van der Waals surface area contributed by atoms with E-state index in [4.69, 9.17) is 21.1 Å². The van der Waals surface area contributed by atoms with Crippen molar-refractivity contribution in [2.24, 2.45) is 0 Å². The number of hydrogen-bond donors (Lipinski definition) is 2. The van der Waals surface area contributed by atoms with Gasteiger partial charge < -0.3 is 24.6 Å². The number of hydrogen-bond acceptors (Lipinski definition) is 5. The molecule has 2 rings (SSSR count). The molecule has 2 saturated heterocycles. The van der Waals surface area contributed by atoms with E-state index in [9.17, 15) is 15.0 Å². The second-order valence-corrected chi connectivity index (χ2v) is 4.20. The number of methoxy groups -OCH3 is 1. The summed E-state index contributed by atoms with van der Waals surface area (Å²) in [5, 5.41) is 19.7. The molecular formula is C9H14ClNO5. The lowest BCUT2D eigenvalue weighted by molar-refractivity contribution is -0.248. The van der Waals surface area contributed by atoms with E-state index in [2.05, 4.69) is 0 Å². The number of amides is 1. The Balaban J connectivity index is 2.20. The number of rotatable bonds is 2. The first-order valence-electron chi connectivity index (χ1n) is 5.00. The van der Waals surface area contributed by atoms with Crippen LogP contribution in [0.3, 0.4) is 0 Å². The summed E-state index contributed by atoms with van der Waals surface area (Å²) >= 11 is 5.46. The van der Waals surface area contributed by atoms with Gasteiger partial charge in [-0.25, -0.2) is 0 Å². The van der Waals surface area contributed by atoms with E-state index in [1.54, 1.807) is 0 Å². The fraction of sp³-hybridized carbons (Fsp3) is 0.889. The lowest BCUT2D eigenvalue weighted by atomic mass is 10.0. The van der Waals surface area contributed by atoms with Gasteiger partial charge in [0.05, 0.1) is 12.6 Å². The Morgan fingerprint density at radius 1 is 1.56 bits per heavy atom. The minimum absolute atomic E-state index is 0.180. The van der Waals surface area contributed by atoms with E-state index in [1.165, 1.54) is 12.0 Å². The molecule has 2 heterocycles. The molecule has 2 bridgehead atoms. The second-order valence-electron chi connectivity index (χ2n) is 3.93. The summed E-state index contributed by atoms with van der Waals surface area (Å²) in [5.74, 6) is -0.507. The van der Waals surface area contributed by atoms with Crippen molar-refractivity contribution in [1.82, 2.24) is 4.90 Å². The molecule has 2 aliphatic heterocycles. The SMILES string of the molecule is COC1OC2CN(C(=O)CCl)C(C2O)C1O. The van der Waals surface area contributed by atoms with Gasteiger partial charge >= 0.3 is 0 Å². The molecule has 1 amide bonds. The number of carbonyl (C=O) groups is 1. The van der Waals surface area contributed by atoms with Crippen molar-refractivity contribution in [3.8, 4) is 0 Å². The van der Waals surface area contributed by atoms with Crippen LogP contribution in [0.5, 0.6) is 0 Å². The molecule has 0 aromatic rings. The molecule has 0 saturated carbocycles. The zero-order valence-electron chi connectivity index (χ0n) is 8.75. The van der Waals surface area contributed by atoms with Crippen LogP contribution in [0.1, 0.15) is 0 Å². The van der Waals surface area contributed by atoms with E-state index in [1.807, 2.05) is 0 Å². The average Bonchev–Trinajstić information content (AvgIpc) is 2.51. The maximum absolute atomic E-state index is 11.5. The van der Waals surface area contributed by atoms with Gasteiger partial charge in [-0.3, -0.25) is 4.79 Å². The Morgan fingerprint density at radius 2 is 2.25 bits per heavy atom. The van der Waals surface area contributed by atoms with Crippen LogP contribution in [0.15, 0.2) is 0 Å². The Morgan fingerprint density at radius 3 is 2.81 bits per heavy atom. The zero-order valence-corrected chi connectivity index (χ0v) is 9.50. The molecule has 92 valence electrons. The van der Waals surface area contributed by atoms with Crippen LogP contribution in [0, 0.1) is 0 Å². The third-order valence-corrected chi connectivity index (χ3v) is 3.30. The minimum Gasteiger partial charge on any atom is -0.388 e. The Hall–Kier alpha value is -0.400. The topological polar surface area (TPSA) is 79.2 Å². The van der Waals surface area contributed by atoms with Crippen molar-refractivity contribution in [2.45, 2.75) is 30.6 Å². The summed E-state index contributed by atoms with van der Waals surface area (Å²) in [5.41, 5.74) is 0. The van der Waals surface area contributed by atoms with Crippen molar-refractivity contribution in [3.63, 3.8) is 0 Å². The number of carbonyl (C=O) groups excluding carboxylic acids is 1. The van der Waals surface area contributed by atoms with Crippen LogP contribution < -0.4 is 0 Å². The van der Waals surface area contributed by atoms with Crippen LogP contribution >= 0.6 is 11.6 Å². The summed E-state index contributed by atoms with van der Waals surface area (Å²) < 4.78 is 10.3. The zero-order chi connectivity index (χ0) is 11.9. The first kappa shape index (κ1) is 12.1. The van der Waals surface area contributed by atoms with Crippen LogP contribution in [-0.4, -0.2) is 71.2 Å². The number of halogens is 1. The van der Waals surface area contributed by atoms with Gasteiger partial charge in [0.2, 0.25) is 5.91 Å². The molecule has 16 heavy (non-hydrogen) atoms. The normalized spacial score (nSPS) is 42.5. The molecule has 7 heteroatoms. The average molecular weight is 252 g/mol. The maximum atomic E-state index is 11.5. The van der Waals surface area contributed by atoms with E-state index in [0.717, 1.165) is 0 Å². The van der Waals surface area contributed by atoms with Crippen LogP contribution in [0.25, 0.3) is 0 Å². The molecule has 0 aliphatic carbocycles. The molecule has 2 fully saturated rings. The predicted octanol–water partition coefficient (Wildman–Crippen LogP) is -1.47. The lowest BCUT2D eigenvalue weighted by Crippen LogP contribution is -2.57. The van der Waals surface area contributed by atoms with Gasteiger partial charge in [-0.2, -0.15) is 0 Å². The number of ether oxygens (including phenoxy) is 2. The van der Waals surface area contributed by atoms with Gasteiger partial charge in [0.1, 0.15) is 24.2 Å². The van der Waals surface area contributed by atoms with E-state index in [-0.39, 0.29) is 18.3 Å². The smallest absolute Gasteiger partial charge is 0.238 e. The number of aliphatic hydroxyl groups excluding tert-OH is 2. The highest BCUT2D eigenvalue weighted by molar-refractivity contribution is 6.27. The van der Waals surface area contributed by atoms with E-state index >= 15 is 0 Å². The fourth-order valence-electron chi connectivity index (χ4n) is 2.29. The second kappa shape index (κ2) is 4.46. The van der Waals surface area contributed by atoms with Crippen molar-refractivity contribution < 1.29 is 24.5 Å². The highest BCUT2D eigenvalue weighted by Crippen LogP contribution is 2.32. The molecule has 2 N–H and O–H groups in total. The summed E-state index contributed by atoms with van der Waals surface area (Å²) in [4.78, 5) is 12.9. The van der Waals surface area contributed by atoms with Crippen molar-refractivity contribution in [3.05, 3.63) is 0 Å². The van der Waals surface area contributed by atoms with Crippen LogP contribution in [0.2, 0.25) is 0 Å². The number of aliphatic hydroxyl groups is 2. The highest BCUT2D eigenvalue weighted by atomic mass is 35.5. The molecular weight excluding hydrogens is 238 g/mol. The third-order valence-electron chi connectivity index (χ3n) is 3.07. The Kier molecular flexibility index (Phi) is 3.37. The molecule has 2 aliphatic rings. The van der Waals surface area contributed by atoms with Gasteiger partial charge in [-0.05, 0) is 0 Å². The Bertz CT molecular complexity index is 289. The summed E-state index contributed by atoms with van der Waals surface area (Å²) in [7, 11) is 1.40. The van der Waals surface area contributed by atoms with Gasteiger partial charge in [-0.1, -0.05) is 0 Å². The molecule has 0 spiro atoms. The maximum Gasteiger partial charge on any atom is 0.238 e. The number of likely N-dealkylation sites (tertiary alicyclic amines) is 1. The molecule has 5 atom stereocenters. The molecule has 5 unspecified atom stereocenters. The van der Waals surface area contributed by atoms with E-state index in [0.29, 0.717) is 0 Å². The monoisotopic (exact) mass is 251 g/mol. The van der Waals surface area contributed by atoms with Gasteiger partial charge in [0.15, 0.2) is 6.29 Å². The first-order valence-corrected chi connectivity index (χ1v) is 5.53. The highest BCUT2D eigenvalue weighted by Gasteiger charge is 2.54. The molecule has 6 nitrogen and oxygen atoms in total. The minimum atomic E-state index is -1.06. The van der Waals surface area contributed by atoms with Crippen LogP contribution in [-0.2, 0) is 14.3 Å². The van der Waals surface area contributed by atoms with Gasteiger partial charge in [0, 0.05) is 7.11 Å². The summed E-state index contributed by atoms with van der Waals surface area (Å²) in [6.45, 7) is 0.230. The molecule has 0 aromatic carbocycles. The van der Waals surface area contributed by atoms with Crippen molar-refractivity contribution in [1.29, 1.82) is 0 Å². The molecule has 0 aromatic heterocycles. The third kappa shape index (κ3) is 1.70. The van der Waals surface area contributed by atoms with Gasteiger partial charge in [0.25, 0.3) is 0 Å². The van der Waals surface area contributed by atoms with E-state index < -0.39 is 30.6 Å². The first-order chi connectivity index (χ1) is 7.60. The fourth-order valence-corrected chi connectivity index (χ4v) is 2.44. The van der Waals surface area contributed by atoms with Crippen molar-refractivity contribution >= 4 is 17.5 Å². The number of alkyl halides is 1. The standard InChI is InChI=1S/C9H14ClNO5/c1-15-9-8(14)6-7(13)4(16-9)3-11(6)5(12)2-10/h4,6-9,13-14H,2-3H2,1H3. The number of fused-ring (bicyclic) bond motifs is 2. The molecule has 0 radical (unpaired) electrons.